The molecule has 0 fully saturated rings. The molecule has 1 nitrogen and oxygen atoms in total. The van der Waals surface area contributed by atoms with Gasteiger partial charge in [-0.1, -0.05) is 109 Å². The number of hydrogen-bond donors (Lipinski definition) is 0. The van der Waals surface area contributed by atoms with Crippen molar-refractivity contribution in [2.24, 2.45) is 0 Å². The van der Waals surface area contributed by atoms with Gasteiger partial charge in [0.2, 0.25) is 0 Å². The van der Waals surface area contributed by atoms with Gasteiger partial charge < -0.3 is 4.90 Å². The third-order valence-electron chi connectivity index (χ3n) is 10.3. The summed E-state index contributed by atoms with van der Waals surface area (Å²) in [6, 6.07) is 57.9. The highest BCUT2D eigenvalue weighted by molar-refractivity contribution is 6.26. The zero-order valence-electron chi connectivity index (χ0n) is 27.5. The summed E-state index contributed by atoms with van der Waals surface area (Å²) < 4.78 is 0. The molecule has 1 aliphatic carbocycles. The fraction of sp³-hybridized carbons (Fsp3) is 0.0638. The number of para-hydroxylation sites is 1. The second-order valence-corrected chi connectivity index (χ2v) is 13.1. The molecule has 0 heterocycles. The summed E-state index contributed by atoms with van der Waals surface area (Å²) in [6.45, 7) is 6.64. The van der Waals surface area contributed by atoms with Crippen molar-refractivity contribution in [3.8, 4) is 44.5 Å². The van der Waals surface area contributed by atoms with Gasteiger partial charge in [-0.2, -0.15) is 0 Å². The minimum Gasteiger partial charge on any atom is -0.310 e. The second-order valence-electron chi connectivity index (χ2n) is 13.1. The maximum Gasteiger partial charge on any atom is 0.0468 e. The Hall–Kier alpha value is -5.92. The van der Waals surface area contributed by atoms with E-state index in [4.69, 9.17) is 0 Å². The number of nitrogens with zero attached hydrogens (tertiary/aromatic N) is 1. The summed E-state index contributed by atoms with van der Waals surface area (Å²) in [5.74, 6) is 0. The molecule has 0 radical (unpaired) electrons. The first-order chi connectivity index (χ1) is 23.6. The van der Waals surface area contributed by atoms with Gasteiger partial charge in [0.15, 0.2) is 0 Å². The van der Waals surface area contributed by atoms with Gasteiger partial charge in [0.25, 0.3) is 0 Å². The van der Waals surface area contributed by atoms with E-state index in [0.717, 1.165) is 11.4 Å². The van der Waals surface area contributed by atoms with E-state index < -0.39 is 0 Å². The molecule has 48 heavy (non-hydrogen) atoms. The van der Waals surface area contributed by atoms with Gasteiger partial charge in [-0.15, -0.1) is 0 Å². The van der Waals surface area contributed by atoms with Gasteiger partial charge in [-0.3, -0.25) is 0 Å². The van der Waals surface area contributed by atoms with Gasteiger partial charge in [0.05, 0.1) is 0 Å². The Morgan fingerprint density at radius 1 is 0.354 bits per heavy atom. The Morgan fingerprint density at radius 3 is 1.38 bits per heavy atom. The first-order valence-electron chi connectivity index (χ1n) is 16.8. The van der Waals surface area contributed by atoms with Crippen LogP contribution in [0.1, 0.15) is 16.7 Å². The molecule has 0 aromatic heterocycles. The molecule has 8 aromatic carbocycles. The van der Waals surface area contributed by atoms with Crippen molar-refractivity contribution in [1.29, 1.82) is 0 Å². The highest BCUT2D eigenvalue weighted by atomic mass is 15.1. The highest BCUT2D eigenvalue weighted by Crippen LogP contribution is 2.59. The molecule has 0 atom stereocenters. The van der Waals surface area contributed by atoms with Crippen LogP contribution in [0.4, 0.5) is 17.1 Å². The summed E-state index contributed by atoms with van der Waals surface area (Å²) in [6.07, 6.45) is 0. The largest absolute Gasteiger partial charge is 0.310 e. The standard InChI is InChI=1S/C47H35N/c1-30-25-39(26-31(2)32(30)3)48(37-19-11-6-12-20-37)38-24-23-35-28-42-43(29-36(35)27-38)47-45(34-17-9-5-10-18-34)41-22-14-13-21-40(41)44(46(42)47)33-15-7-4-8-16-33/h4-29H,1-3H3. The predicted octanol–water partition coefficient (Wildman–Crippen LogP) is 13.4. The van der Waals surface area contributed by atoms with Crippen LogP contribution in [-0.4, -0.2) is 0 Å². The van der Waals surface area contributed by atoms with E-state index >= 15 is 0 Å². The molecule has 0 saturated carbocycles. The van der Waals surface area contributed by atoms with Crippen molar-refractivity contribution >= 4 is 38.6 Å². The van der Waals surface area contributed by atoms with Crippen LogP contribution < -0.4 is 4.90 Å². The molecule has 228 valence electrons. The topological polar surface area (TPSA) is 3.24 Å². The Morgan fingerprint density at radius 2 is 0.833 bits per heavy atom. The third-order valence-corrected chi connectivity index (χ3v) is 10.3. The minimum absolute atomic E-state index is 1.15. The van der Waals surface area contributed by atoms with E-state index in [-0.39, 0.29) is 0 Å². The van der Waals surface area contributed by atoms with Crippen LogP contribution in [0.2, 0.25) is 0 Å². The van der Waals surface area contributed by atoms with Crippen LogP contribution in [0.5, 0.6) is 0 Å². The quantitative estimate of drug-likeness (QED) is 0.187. The van der Waals surface area contributed by atoms with E-state index in [0.29, 0.717) is 0 Å². The van der Waals surface area contributed by atoms with Crippen molar-refractivity contribution in [1.82, 2.24) is 0 Å². The van der Waals surface area contributed by atoms with E-state index in [1.165, 1.54) is 88.4 Å². The number of fused-ring (bicyclic) bond motifs is 6. The van der Waals surface area contributed by atoms with E-state index in [2.05, 4.69) is 183 Å². The van der Waals surface area contributed by atoms with E-state index in [1.807, 2.05) is 0 Å². The van der Waals surface area contributed by atoms with Crippen molar-refractivity contribution < 1.29 is 0 Å². The summed E-state index contributed by atoms with van der Waals surface area (Å²) in [5, 5.41) is 5.08. The smallest absolute Gasteiger partial charge is 0.0468 e. The second kappa shape index (κ2) is 11.1. The third kappa shape index (κ3) is 4.39. The molecule has 0 bridgehead atoms. The van der Waals surface area contributed by atoms with Crippen molar-refractivity contribution in [2.45, 2.75) is 20.8 Å². The molecule has 9 rings (SSSR count). The molecule has 0 amide bonds. The lowest BCUT2D eigenvalue weighted by Gasteiger charge is -2.33. The van der Waals surface area contributed by atoms with Crippen LogP contribution >= 0.6 is 0 Å². The first kappa shape index (κ1) is 28.3. The maximum absolute atomic E-state index is 2.43. The Kier molecular flexibility index (Phi) is 6.55. The molecule has 0 unspecified atom stereocenters. The van der Waals surface area contributed by atoms with Crippen LogP contribution in [-0.2, 0) is 0 Å². The Labute approximate surface area is 282 Å². The summed E-state index contributed by atoms with van der Waals surface area (Å²) >= 11 is 0. The van der Waals surface area contributed by atoms with Crippen molar-refractivity contribution in [3.63, 3.8) is 0 Å². The number of hydrogen-bond acceptors (Lipinski definition) is 1. The van der Waals surface area contributed by atoms with Gasteiger partial charge >= 0.3 is 0 Å². The van der Waals surface area contributed by atoms with Crippen LogP contribution in [0.25, 0.3) is 66.1 Å². The molecular formula is C47H35N. The molecule has 0 N–H and O–H groups in total. The first-order valence-corrected chi connectivity index (χ1v) is 16.8. The molecule has 1 aliphatic rings. The lowest BCUT2D eigenvalue weighted by molar-refractivity contribution is 1.22. The lowest BCUT2D eigenvalue weighted by Crippen LogP contribution is -2.11. The van der Waals surface area contributed by atoms with E-state index in [1.54, 1.807) is 0 Å². The van der Waals surface area contributed by atoms with Crippen LogP contribution in [0, 0.1) is 20.8 Å². The van der Waals surface area contributed by atoms with Gasteiger partial charge in [0, 0.05) is 17.1 Å². The molecule has 1 heteroatoms. The number of rotatable bonds is 5. The summed E-state index contributed by atoms with van der Waals surface area (Å²) in [5.41, 5.74) is 18.0. The van der Waals surface area contributed by atoms with E-state index in [9.17, 15) is 0 Å². The lowest BCUT2D eigenvalue weighted by atomic mass is 9.70. The number of anilines is 3. The fourth-order valence-electron chi connectivity index (χ4n) is 7.73. The fourth-order valence-corrected chi connectivity index (χ4v) is 7.73. The average molecular weight is 614 g/mol. The molecule has 8 aromatic rings. The molecule has 0 spiro atoms. The van der Waals surface area contributed by atoms with Crippen molar-refractivity contribution in [2.75, 3.05) is 4.90 Å². The monoisotopic (exact) mass is 613 g/mol. The van der Waals surface area contributed by atoms with Crippen LogP contribution in [0.15, 0.2) is 158 Å². The SMILES string of the molecule is Cc1cc(N(c2ccccc2)c2ccc3cc4c(cc3c2)-c2c-4c(-c3ccccc3)c3ccccc3c2-c2ccccc2)cc(C)c1C. The van der Waals surface area contributed by atoms with Gasteiger partial charge in [-0.05, 0) is 152 Å². The number of benzene rings is 8. The Balaban J connectivity index is 1.29. The normalized spacial score (nSPS) is 11.6. The zero-order valence-corrected chi connectivity index (χ0v) is 27.5. The van der Waals surface area contributed by atoms with Gasteiger partial charge in [0.1, 0.15) is 0 Å². The number of aryl methyl sites for hydroxylation is 2. The molecular weight excluding hydrogens is 579 g/mol. The molecule has 0 aliphatic heterocycles. The maximum atomic E-state index is 2.43. The summed E-state index contributed by atoms with van der Waals surface area (Å²) in [7, 11) is 0. The summed E-state index contributed by atoms with van der Waals surface area (Å²) in [4.78, 5) is 2.39. The Bertz CT molecular complexity index is 2490. The van der Waals surface area contributed by atoms with Gasteiger partial charge in [-0.25, -0.2) is 0 Å². The zero-order chi connectivity index (χ0) is 32.4. The van der Waals surface area contributed by atoms with Crippen LogP contribution in [0.3, 0.4) is 0 Å². The highest BCUT2D eigenvalue weighted by Gasteiger charge is 2.32. The minimum atomic E-state index is 1.15. The average Bonchev–Trinajstić information content (AvgIpc) is 3.13. The predicted molar refractivity (Wildman–Crippen MR) is 206 cm³/mol. The van der Waals surface area contributed by atoms with Crippen molar-refractivity contribution in [3.05, 3.63) is 174 Å². The molecule has 0 saturated heterocycles.